The van der Waals surface area contributed by atoms with Gasteiger partial charge in [-0.1, -0.05) is 11.3 Å². The third-order valence-electron chi connectivity index (χ3n) is 2.84. The number of nitro groups is 1. The van der Waals surface area contributed by atoms with Crippen molar-refractivity contribution in [1.82, 2.24) is 10.3 Å². The molecule has 0 spiro atoms. The Hall–Kier alpha value is -2.70. The lowest BCUT2D eigenvalue weighted by atomic mass is 10.2. The maximum absolute atomic E-state index is 12.2. The van der Waals surface area contributed by atoms with Crippen molar-refractivity contribution in [2.24, 2.45) is 0 Å². The van der Waals surface area contributed by atoms with Gasteiger partial charge in [0.1, 0.15) is 5.56 Å². The predicted molar refractivity (Wildman–Crippen MR) is 87.4 cm³/mol. The second-order valence-corrected chi connectivity index (χ2v) is 7.72. The minimum atomic E-state index is -3.59. The highest BCUT2D eigenvalue weighted by Gasteiger charge is 2.19. The minimum Gasteiger partial charge on any atom is -0.286 e. The molecule has 0 aliphatic rings. The van der Waals surface area contributed by atoms with Crippen LogP contribution in [0.3, 0.4) is 0 Å². The number of pyridine rings is 1. The second-order valence-electron chi connectivity index (χ2n) is 4.91. The van der Waals surface area contributed by atoms with Crippen LogP contribution in [0.25, 0.3) is 0 Å². The fourth-order valence-corrected chi connectivity index (χ4v) is 2.81. The molecule has 0 saturated carbocycles. The average Bonchev–Trinajstić information content (AvgIpc) is 3.02. The first kappa shape index (κ1) is 18.6. The number of sulfonamides is 1. The van der Waals surface area contributed by atoms with Gasteiger partial charge in [-0.05, 0) is 12.1 Å². The van der Waals surface area contributed by atoms with E-state index in [4.69, 9.17) is 0 Å². The van der Waals surface area contributed by atoms with Crippen LogP contribution >= 0.6 is 11.3 Å². The van der Waals surface area contributed by atoms with Crippen molar-refractivity contribution in [3.63, 3.8) is 0 Å². The van der Waals surface area contributed by atoms with E-state index in [0.717, 1.165) is 17.6 Å². The molecule has 2 N–H and O–H groups in total. The number of hydrogen-bond donors (Lipinski definition) is 2. The molecule has 0 saturated heterocycles. The molecule has 25 heavy (non-hydrogen) atoms. The molecule has 0 unspecified atom stereocenters. The summed E-state index contributed by atoms with van der Waals surface area (Å²) in [4.78, 5) is 36.2. The highest BCUT2D eigenvalue weighted by molar-refractivity contribution is 7.88. The van der Waals surface area contributed by atoms with Crippen LogP contribution in [0.1, 0.15) is 20.0 Å². The number of hydrazine groups is 1. The van der Waals surface area contributed by atoms with Crippen LogP contribution in [0.15, 0.2) is 36.7 Å². The predicted octanol–water partition coefficient (Wildman–Crippen LogP) is 0.0207. The molecule has 1 amide bonds. The topological polar surface area (TPSA) is 139 Å². The lowest BCUT2D eigenvalue weighted by Crippen LogP contribution is -2.43. The molecule has 0 fully saturated rings. The van der Waals surface area contributed by atoms with Crippen molar-refractivity contribution < 1.29 is 27.5 Å². The highest BCUT2D eigenvalue weighted by atomic mass is 32.2. The van der Waals surface area contributed by atoms with Crippen LogP contribution in [0.5, 0.6) is 0 Å². The summed E-state index contributed by atoms with van der Waals surface area (Å²) in [5.41, 5.74) is 2.15. The van der Waals surface area contributed by atoms with E-state index in [9.17, 15) is 28.1 Å². The molecule has 2 aromatic rings. The van der Waals surface area contributed by atoms with Gasteiger partial charge in [0.15, 0.2) is 12.4 Å². The van der Waals surface area contributed by atoms with Crippen LogP contribution in [0.4, 0.5) is 5.00 Å². The number of hydrogen-bond acceptors (Lipinski definition) is 7. The summed E-state index contributed by atoms with van der Waals surface area (Å²) in [5, 5.41) is 10.5. The first-order valence-corrected chi connectivity index (χ1v) is 9.40. The van der Waals surface area contributed by atoms with Crippen molar-refractivity contribution in [3.05, 3.63) is 57.2 Å². The Labute approximate surface area is 146 Å². The largest absolute Gasteiger partial charge is 0.324 e. The number of thiophene rings is 1. The summed E-state index contributed by atoms with van der Waals surface area (Å²) in [5.74, 6) is -1.05. The second kappa shape index (κ2) is 7.46. The van der Waals surface area contributed by atoms with Gasteiger partial charge in [0.05, 0.1) is 16.1 Å². The molecule has 0 aliphatic carbocycles. The summed E-state index contributed by atoms with van der Waals surface area (Å²) in [6, 6.07) is 5.58. The minimum absolute atomic E-state index is 0.127. The summed E-state index contributed by atoms with van der Waals surface area (Å²) in [6.07, 6.45) is 3.79. The number of carbonyl (C=O) groups is 2. The van der Waals surface area contributed by atoms with Gasteiger partial charge in [0, 0.05) is 12.1 Å². The molecule has 2 aromatic heterocycles. The van der Waals surface area contributed by atoms with E-state index >= 15 is 0 Å². The number of aromatic nitrogens is 1. The highest BCUT2D eigenvalue weighted by Crippen LogP contribution is 2.24. The molecule has 10 nitrogen and oxygen atoms in total. The smallest absolute Gasteiger partial charge is 0.286 e. The fourth-order valence-electron chi connectivity index (χ4n) is 1.79. The maximum Gasteiger partial charge on any atom is 0.324 e. The summed E-state index contributed by atoms with van der Waals surface area (Å²) >= 11 is 0.772. The third-order valence-corrected chi connectivity index (χ3v) is 4.39. The van der Waals surface area contributed by atoms with Gasteiger partial charge >= 0.3 is 5.00 Å². The van der Waals surface area contributed by atoms with Gasteiger partial charge in [-0.2, -0.15) is 4.57 Å². The Morgan fingerprint density at radius 3 is 2.64 bits per heavy atom. The molecule has 0 aromatic carbocycles. The average molecular weight is 385 g/mol. The van der Waals surface area contributed by atoms with Gasteiger partial charge in [-0.15, -0.1) is 4.83 Å². The van der Waals surface area contributed by atoms with Crippen LogP contribution < -0.4 is 14.8 Å². The zero-order valence-corrected chi connectivity index (χ0v) is 14.5. The number of ketones is 1. The molecule has 12 heteroatoms. The summed E-state index contributed by atoms with van der Waals surface area (Å²) in [7, 11) is -3.59. The molecule has 2 heterocycles. The van der Waals surface area contributed by atoms with Crippen molar-refractivity contribution in [1.29, 1.82) is 0 Å². The van der Waals surface area contributed by atoms with Crippen LogP contribution in [-0.4, -0.2) is 31.3 Å². The monoisotopic (exact) mass is 385 g/mol. The van der Waals surface area contributed by atoms with Crippen molar-refractivity contribution in [3.8, 4) is 0 Å². The Bertz CT molecular complexity index is 938. The first-order chi connectivity index (χ1) is 11.7. The molecule has 0 bridgehead atoms. The zero-order valence-electron chi connectivity index (χ0n) is 12.8. The van der Waals surface area contributed by atoms with E-state index in [1.807, 2.05) is 10.3 Å². The van der Waals surface area contributed by atoms with E-state index in [1.54, 1.807) is 6.20 Å². The molecular formula is C13H13N4O6S2+. The van der Waals surface area contributed by atoms with Gasteiger partial charge in [-0.3, -0.25) is 25.1 Å². The van der Waals surface area contributed by atoms with Crippen LogP contribution in [-0.2, 0) is 16.6 Å². The van der Waals surface area contributed by atoms with Gasteiger partial charge in [0.25, 0.3) is 5.91 Å². The number of nitrogens with one attached hydrogen (secondary N) is 2. The van der Waals surface area contributed by atoms with Crippen molar-refractivity contribution >= 4 is 38.1 Å². The van der Waals surface area contributed by atoms with E-state index in [1.165, 1.54) is 35.0 Å². The van der Waals surface area contributed by atoms with Gasteiger partial charge in [-0.25, -0.2) is 8.42 Å². The van der Waals surface area contributed by atoms with E-state index in [0.29, 0.717) is 0 Å². The molecule has 132 valence electrons. The number of amides is 1. The Kier molecular flexibility index (Phi) is 5.56. The lowest BCUT2D eigenvalue weighted by Gasteiger charge is -2.04. The maximum atomic E-state index is 12.2. The fraction of sp³-hybridized carbons (Fsp3) is 0.154. The van der Waals surface area contributed by atoms with E-state index < -0.39 is 20.9 Å². The van der Waals surface area contributed by atoms with E-state index in [-0.39, 0.29) is 27.8 Å². The van der Waals surface area contributed by atoms with Crippen molar-refractivity contribution in [2.75, 3.05) is 6.26 Å². The van der Waals surface area contributed by atoms with Crippen molar-refractivity contribution in [2.45, 2.75) is 6.54 Å². The van der Waals surface area contributed by atoms with Gasteiger partial charge in [0.2, 0.25) is 22.4 Å². The third kappa shape index (κ3) is 5.41. The van der Waals surface area contributed by atoms with Gasteiger partial charge < -0.3 is 0 Å². The summed E-state index contributed by atoms with van der Waals surface area (Å²) < 4.78 is 23.3. The van der Waals surface area contributed by atoms with Crippen LogP contribution in [0, 0.1) is 10.1 Å². The number of rotatable bonds is 7. The number of carbonyl (C=O) groups excluding carboxylic acids is 2. The summed E-state index contributed by atoms with van der Waals surface area (Å²) in [6.45, 7) is -0.127. The Morgan fingerprint density at radius 2 is 2.04 bits per heavy atom. The number of Topliss-reactive ketones (excluding diaryl/α,β-unsaturated/α-hetero) is 1. The first-order valence-electron chi connectivity index (χ1n) is 6.69. The molecule has 0 atom stereocenters. The molecule has 0 aliphatic heterocycles. The molecule has 2 rings (SSSR count). The Morgan fingerprint density at radius 1 is 1.32 bits per heavy atom. The standard InChI is InChI=1S/C13H12N4O6S2/c1-25(22,23)15-14-13(19)9-3-2-6-16(7-9)8-10(18)11-4-5-12(24-11)17(20)21/h2-7,15H,8H2,1H3/p+1. The molecule has 0 radical (unpaired) electrons. The zero-order chi connectivity index (χ0) is 18.6. The van der Waals surface area contributed by atoms with Crippen LogP contribution in [0.2, 0.25) is 0 Å². The number of nitrogens with zero attached hydrogens (tertiary/aromatic N) is 2. The lowest BCUT2D eigenvalue weighted by molar-refractivity contribution is -0.683. The Balaban J connectivity index is 2.08. The van der Waals surface area contributed by atoms with E-state index in [2.05, 4.69) is 0 Å². The molecular weight excluding hydrogens is 372 g/mol. The quantitative estimate of drug-likeness (QED) is 0.298. The SMILES string of the molecule is CS(=O)(=O)NNC(=O)c1ccc[n+](CC(=O)c2ccc([N+](=O)[O-])s2)c1. The normalized spacial score (nSPS) is 11.1.